The van der Waals surface area contributed by atoms with E-state index < -0.39 is 0 Å². The number of nitrogens with one attached hydrogen (secondary N) is 1. The lowest BCUT2D eigenvalue weighted by atomic mass is 10.1. The molecule has 0 spiro atoms. The number of unbranched alkanes of at least 4 members (excludes halogenated alkanes) is 3. The lowest BCUT2D eigenvalue weighted by Crippen LogP contribution is -2.31. The first-order valence-corrected chi connectivity index (χ1v) is 9.41. The molecule has 1 aromatic heterocycles. The normalized spacial score (nSPS) is 27.6. The molecule has 1 aromatic rings. The molecule has 4 heteroatoms. The Kier molecular flexibility index (Phi) is 6.14. The predicted octanol–water partition coefficient (Wildman–Crippen LogP) is 4.88. The van der Waals surface area contributed by atoms with Crippen molar-refractivity contribution in [2.45, 2.75) is 68.1 Å². The average molecular weight is 299 g/mol. The van der Waals surface area contributed by atoms with Gasteiger partial charge in [-0.15, -0.1) is 23.5 Å². The van der Waals surface area contributed by atoms with E-state index in [1.165, 1.54) is 44.3 Å². The van der Waals surface area contributed by atoms with Gasteiger partial charge in [0.15, 0.2) is 0 Å². The maximum absolute atomic E-state index is 4.44. The van der Waals surface area contributed by atoms with Crippen LogP contribution in [0.15, 0.2) is 12.4 Å². The van der Waals surface area contributed by atoms with Crippen molar-refractivity contribution < 1.29 is 0 Å². The highest BCUT2D eigenvalue weighted by atomic mass is 32.2. The number of imidazole rings is 1. The maximum atomic E-state index is 4.44. The third kappa shape index (κ3) is 4.75. The molecule has 1 aliphatic heterocycles. The molecule has 2 atom stereocenters. The summed E-state index contributed by atoms with van der Waals surface area (Å²) in [7, 11) is 0. The average Bonchev–Trinajstić information content (AvgIpc) is 2.87. The fraction of sp³-hybridized carbons (Fsp3) is 0.800. The topological polar surface area (TPSA) is 28.7 Å². The van der Waals surface area contributed by atoms with Gasteiger partial charge in [-0.05, 0) is 18.6 Å². The minimum Gasteiger partial charge on any atom is -0.349 e. The molecule has 1 fully saturated rings. The zero-order valence-corrected chi connectivity index (χ0v) is 13.8. The van der Waals surface area contributed by atoms with E-state index in [4.69, 9.17) is 0 Å². The van der Waals surface area contributed by atoms with E-state index in [1.807, 2.05) is 12.4 Å². The summed E-state index contributed by atoms with van der Waals surface area (Å²) in [6, 6.07) is 0. The molecule has 0 aliphatic carbocycles. The minimum atomic E-state index is 0.364. The zero-order chi connectivity index (χ0) is 13.6. The van der Waals surface area contributed by atoms with Gasteiger partial charge < -0.3 is 4.98 Å². The Bertz CT molecular complexity index is 353. The first kappa shape index (κ1) is 15.3. The Hall–Kier alpha value is -0.0900. The van der Waals surface area contributed by atoms with Gasteiger partial charge in [0.1, 0.15) is 5.82 Å². The van der Waals surface area contributed by atoms with E-state index in [0.717, 1.165) is 17.5 Å². The molecule has 1 aliphatic rings. The van der Waals surface area contributed by atoms with Crippen LogP contribution in [0.25, 0.3) is 0 Å². The minimum absolute atomic E-state index is 0.364. The molecule has 0 bridgehead atoms. The molecular weight excluding hydrogens is 272 g/mol. The fourth-order valence-electron chi connectivity index (χ4n) is 2.65. The van der Waals surface area contributed by atoms with Crippen LogP contribution in [0, 0.1) is 0 Å². The summed E-state index contributed by atoms with van der Waals surface area (Å²) < 4.78 is 0.364. The molecule has 0 aromatic carbocycles. The third-order valence-electron chi connectivity index (χ3n) is 3.71. The predicted molar refractivity (Wildman–Crippen MR) is 87.9 cm³/mol. The lowest BCUT2D eigenvalue weighted by molar-refractivity contribution is 0.585. The van der Waals surface area contributed by atoms with Crippen molar-refractivity contribution in [3.05, 3.63) is 18.2 Å². The Balaban J connectivity index is 1.95. The quantitative estimate of drug-likeness (QED) is 0.727. The van der Waals surface area contributed by atoms with Gasteiger partial charge in [-0.25, -0.2) is 4.98 Å². The second-order valence-electron chi connectivity index (χ2n) is 5.50. The number of rotatable bonds is 7. The van der Waals surface area contributed by atoms with E-state index in [0.29, 0.717) is 4.08 Å². The van der Waals surface area contributed by atoms with E-state index >= 15 is 0 Å². The van der Waals surface area contributed by atoms with Crippen LogP contribution in [0.5, 0.6) is 0 Å². The summed E-state index contributed by atoms with van der Waals surface area (Å²) in [5.74, 6) is 2.47. The fourth-order valence-corrected chi connectivity index (χ4v) is 6.64. The number of aromatic nitrogens is 2. The Morgan fingerprint density at radius 3 is 3.00 bits per heavy atom. The molecular formula is C15H26N2S2. The second-order valence-corrected chi connectivity index (χ2v) is 9.06. The lowest BCUT2D eigenvalue weighted by Gasteiger charge is -2.38. The van der Waals surface area contributed by atoms with Crippen LogP contribution >= 0.6 is 23.5 Å². The van der Waals surface area contributed by atoms with Crippen molar-refractivity contribution in [2.75, 3.05) is 5.75 Å². The van der Waals surface area contributed by atoms with Crippen molar-refractivity contribution in [3.63, 3.8) is 0 Å². The van der Waals surface area contributed by atoms with Crippen LogP contribution in [0.2, 0.25) is 0 Å². The molecule has 2 rings (SSSR count). The largest absolute Gasteiger partial charge is 0.349 e. The van der Waals surface area contributed by atoms with Crippen LogP contribution in [0.3, 0.4) is 0 Å². The molecule has 108 valence electrons. The summed E-state index contributed by atoms with van der Waals surface area (Å²) >= 11 is 4.37. The number of thioether (sulfide) groups is 2. The van der Waals surface area contributed by atoms with E-state index in [1.54, 1.807) is 0 Å². The van der Waals surface area contributed by atoms with Crippen LogP contribution in [-0.2, 0) is 6.42 Å². The first-order chi connectivity index (χ1) is 9.24. The smallest absolute Gasteiger partial charge is 0.108 e. The maximum Gasteiger partial charge on any atom is 0.108 e. The highest BCUT2D eigenvalue weighted by Crippen LogP contribution is 2.50. The third-order valence-corrected chi connectivity index (χ3v) is 7.08. The number of hydrogen-bond acceptors (Lipinski definition) is 3. The molecule has 1 saturated heterocycles. The van der Waals surface area contributed by atoms with Gasteiger partial charge in [-0.2, -0.15) is 0 Å². The van der Waals surface area contributed by atoms with Crippen molar-refractivity contribution in [2.24, 2.45) is 0 Å². The van der Waals surface area contributed by atoms with Crippen LogP contribution in [0.4, 0.5) is 0 Å². The molecule has 0 amide bonds. The molecule has 2 heterocycles. The Morgan fingerprint density at radius 1 is 1.42 bits per heavy atom. The molecule has 19 heavy (non-hydrogen) atoms. The second kappa shape index (κ2) is 7.63. The SMILES string of the molecule is CCCCCCC1(Cc2ncc[nH]2)SCCC(C)S1. The zero-order valence-electron chi connectivity index (χ0n) is 12.2. The Morgan fingerprint density at radius 2 is 2.32 bits per heavy atom. The van der Waals surface area contributed by atoms with Gasteiger partial charge in [0.25, 0.3) is 0 Å². The van der Waals surface area contributed by atoms with Gasteiger partial charge >= 0.3 is 0 Å². The number of nitrogens with zero attached hydrogens (tertiary/aromatic N) is 1. The highest BCUT2D eigenvalue weighted by molar-refractivity contribution is 8.19. The summed E-state index contributed by atoms with van der Waals surface area (Å²) in [5, 5.41) is 0.794. The standard InChI is InChI=1S/C15H26N2S2/c1-3-4-5-6-8-15(12-14-16-9-10-17-14)18-11-7-13(2)19-15/h9-10,13H,3-8,11-12H2,1-2H3,(H,16,17). The van der Waals surface area contributed by atoms with Gasteiger partial charge in [0.2, 0.25) is 0 Å². The molecule has 1 N–H and O–H groups in total. The van der Waals surface area contributed by atoms with Gasteiger partial charge in [0, 0.05) is 24.1 Å². The van der Waals surface area contributed by atoms with Crippen molar-refractivity contribution in [1.82, 2.24) is 9.97 Å². The summed E-state index contributed by atoms with van der Waals surface area (Å²) in [6.07, 6.45) is 13.0. The van der Waals surface area contributed by atoms with Crippen LogP contribution < -0.4 is 0 Å². The monoisotopic (exact) mass is 298 g/mol. The van der Waals surface area contributed by atoms with Crippen LogP contribution in [0.1, 0.15) is 58.2 Å². The molecule has 0 radical (unpaired) electrons. The summed E-state index contributed by atoms with van der Waals surface area (Å²) in [6.45, 7) is 4.66. The number of aromatic amines is 1. The summed E-state index contributed by atoms with van der Waals surface area (Å²) in [4.78, 5) is 7.73. The van der Waals surface area contributed by atoms with Crippen LogP contribution in [-0.4, -0.2) is 25.0 Å². The summed E-state index contributed by atoms with van der Waals surface area (Å²) in [5.41, 5.74) is 0. The number of H-pyrrole nitrogens is 1. The van der Waals surface area contributed by atoms with Gasteiger partial charge in [0.05, 0.1) is 4.08 Å². The highest BCUT2D eigenvalue weighted by Gasteiger charge is 2.36. The number of hydrogen-bond donors (Lipinski definition) is 1. The van der Waals surface area contributed by atoms with Gasteiger partial charge in [-0.1, -0.05) is 39.5 Å². The Labute approximate surface area is 125 Å². The van der Waals surface area contributed by atoms with Crippen molar-refractivity contribution >= 4 is 23.5 Å². The molecule has 0 saturated carbocycles. The van der Waals surface area contributed by atoms with Crippen molar-refractivity contribution in [3.8, 4) is 0 Å². The van der Waals surface area contributed by atoms with E-state index in [-0.39, 0.29) is 0 Å². The van der Waals surface area contributed by atoms with Gasteiger partial charge in [-0.3, -0.25) is 0 Å². The van der Waals surface area contributed by atoms with Crippen molar-refractivity contribution in [1.29, 1.82) is 0 Å². The first-order valence-electron chi connectivity index (χ1n) is 7.54. The molecule has 2 unspecified atom stereocenters. The molecule has 2 nitrogen and oxygen atoms in total. The van der Waals surface area contributed by atoms with E-state index in [2.05, 4.69) is 47.3 Å². The van der Waals surface area contributed by atoms with E-state index in [9.17, 15) is 0 Å².